The third kappa shape index (κ3) is 4.50. The summed E-state index contributed by atoms with van der Waals surface area (Å²) in [5.74, 6) is 2.40. The van der Waals surface area contributed by atoms with E-state index in [-0.39, 0.29) is 0 Å². The first-order valence-electron chi connectivity index (χ1n) is 5.70. The standard InChI is InChI=1S/C13H26/c1-7-11(5)12(6)9-13(8-2)10(3)4/h10,12-13H,5,7-9H2,1-4,6H3. The average molecular weight is 182 g/mol. The van der Waals surface area contributed by atoms with E-state index in [1.54, 1.807) is 0 Å². The van der Waals surface area contributed by atoms with Crippen LogP contribution in [-0.4, -0.2) is 0 Å². The molecule has 0 heteroatoms. The topological polar surface area (TPSA) is 0 Å². The molecule has 0 aliphatic heterocycles. The van der Waals surface area contributed by atoms with Crippen LogP contribution in [0.5, 0.6) is 0 Å². The van der Waals surface area contributed by atoms with Crippen molar-refractivity contribution in [1.82, 2.24) is 0 Å². The van der Waals surface area contributed by atoms with Crippen LogP contribution < -0.4 is 0 Å². The molecular weight excluding hydrogens is 156 g/mol. The maximum atomic E-state index is 4.12. The zero-order valence-electron chi connectivity index (χ0n) is 10.1. The molecule has 0 aliphatic carbocycles. The molecule has 0 aromatic heterocycles. The summed E-state index contributed by atoms with van der Waals surface area (Å²) < 4.78 is 0. The molecule has 0 rings (SSSR count). The molecule has 0 nitrogen and oxygen atoms in total. The average Bonchev–Trinajstić information content (AvgIpc) is 2.11. The summed E-state index contributed by atoms with van der Waals surface area (Å²) in [7, 11) is 0. The smallest absolute Gasteiger partial charge is 0.0232 e. The quantitative estimate of drug-likeness (QED) is 0.524. The highest BCUT2D eigenvalue weighted by molar-refractivity contribution is 4.98. The lowest BCUT2D eigenvalue weighted by Gasteiger charge is -2.23. The van der Waals surface area contributed by atoms with E-state index in [4.69, 9.17) is 0 Å². The maximum absolute atomic E-state index is 4.12. The van der Waals surface area contributed by atoms with Gasteiger partial charge in [-0.3, -0.25) is 0 Å². The van der Waals surface area contributed by atoms with Crippen LogP contribution in [0.2, 0.25) is 0 Å². The van der Waals surface area contributed by atoms with Crippen LogP contribution in [0.4, 0.5) is 0 Å². The van der Waals surface area contributed by atoms with E-state index in [2.05, 4.69) is 41.2 Å². The van der Waals surface area contributed by atoms with Gasteiger partial charge in [-0.15, -0.1) is 0 Å². The maximum Gasteiger partial charge on any atom is -0.0232 e. The summed E-state index contributed by atoms with van der Waals surface area (Å²) in [6.07, 6.45) is 3.76. The van der Waals surface area contributed by atoms with Gasteiger partial charge in [-0.05, 0) is 30.6 Å². The van der Waals surface area contributed by atoms with Gasteiger partial charge in [0, 0.05) is 0 Å². The Balaban J connectivity index is 4.00. The number of allylic oxidation sites excluding steroid dienone is 1. The minimum absolute atomic E-state index is 0.706. The molecule has 78 valence electrons. The highest BCUT2D eigenvalue weighted by atomic mass is 14.2. The van der Waals surface area contributed by atoms with Crippen LogP contribution in [0.25, 0.3) is 0 Å². The van der Waals surface area contributed by atoms with Crippen LogP contribution in [0.15, 0.2) is 12.2 Å². The van der Waals surface area contributed by atoms with Crippen molar-refractivity contribution in [3.63, 3.8) is 0 Å². The minimum Gasteiger partial charge on any atom is -0.0996 e. The largest absolute Gasteiger partial charge is 0.0996 e. The molecule has 0 aliphatic rings. The highest BCUT2D eigenvalue weighted by Gasteiger charge is 2.15. The lowest BCUT2D eigenvalue weighted by atomic mass is 9.82. The molecule has 0 N–H and O–H groups in total. The fraction of sp³-hybridized carbons (Fsp3) is 0.846. The van der Waals surface area contributed by atoms with Gasteiger partial charge in [0.2, 0.25) is 0 Å². The minimum atomic E-state index is 0.706. The molecule has 0 spiro atoms. The molecule has 0 heterocycles. The molecule has 0 bridgehead atoms. The second-order valence-electron chi connectivity index (χ2n) is 4.56. The summed E-state index contributed by atoms with van der Waals surface area (Å²) in [4.78, 5) is 0. The van der Waals surface area contributed by atoms with Crippen molar-refractivity contribution in [3.05, 3.63) is 12.2 Å². The Bertz CT molecular complexity index is 144. The molecular formula is C13H26. The molecule has 2 atom stereocenters. The summed E-state index contributed by atoms with van der Waals surface area (Å²) >= 11 is 0. The van der Waals surface area contributed by atoms with Gasteiger partial charge in [0.25, 0.3) is 0 Å². The van der Waals surface area contributed by atoms with Gasteiger partial charge in [0.15, 0.2) is 0 Å². The Kier molecular flexibility index (Phi) is 6.11. The van der Waals surface area contributed by atoms with Crippen molar-refractivity contribution in [1.29, 1.82) is 0 Å². The van der Waals surface area contributed by atoms with E-state index in [1.165, 1.54) is 18.4 Å². The van der Waals surface area contributed by atoms with Crippen LogP contribution >= 0.6 is 0 Å². The van der Waals surface area contributed by atoms with E-state index in [0.717, 1.165) is 18.3 Å². The van der Waals surface area contributed by atoms with Gasteiger partial charge in [-0.25, -0.2) is 0 Å². The number of hydrogen-bond acceptors (Lipinski definition) is 0. The van der Waals surface area contributed by atoms with Crippen molar-refractivity contribution in [2.24, 2.45) is 17.8 Å². The van der Waals surface area contributed by atoms with Crippen LogP contribution in [0, 0.1) is 17.8 Å². The fourth-order valence-electron chi connectivity index (χ4n) is 1.88. The van der Waals surface area contributed by atoms with Crippen molar-refractivity contribution in [2.45, 2.75) is 53.9 Å². The Labute approximate surface area is 84.4 Å². The van der Waals surface area contributed by atoms with Crippen LogP contribution in [0.3, 0.4) is 0 Å². The second-order valence-corrected chi connectivity index (χ2v) is 4.56. The normalized spacial score (nSPS) is 15.8. The van der Waals surface area contributed by atoms with Gasteiger partial charge in [0.05, 0.1) is 0 Å². The van der Waals surface area contributed by atoms with Crippen molar-refractivity contribution >= 4 is 0 Å². The van der Waals surface area contributed by atoms with Gasteiger partial charge < -0.3 is 0 Å². The molecule has 0 saturated carbocycles. The monoisotopic (exact) mass is 182 g/mol. The van der Waals surface area contributed by atoms with Crippen LogP contribution in [-0.2, 0) is 0 Å². The first kappa shape index (κ1) is 12.7. The van der Waals surface area contributed by atoms with Crippen molar-refractivity contribution in [2.75, 3.05) is 0 Å². The molecule has 13 heavy (non-hydrogen) atoms. The number of rotatable bonds is 6. The summed E-state index contributed by atoms with van der Waals surface area (Å²) in [5, 5.41) is 0. The van der Waals surface area contributed by atoms with Gasteiger partial charge in [-0.2, -0.15) is 0 Å². The van der Waals surface area contributed by atoms with Gasteiger partial charge >= 0.3 is 0 Å². The summed E-state index contributed by atoms with van der Waals surface area (Å²) in [6, 6.07) is 0. The van der Waals surface area contributed by atoms with E-state index in [0.29, 0.717) is 5.92 Å². The molecule has 0 saturated heterocycles. The lowest BCUT2D eigenvalue weighted by molar-refractivity contribution is 0.313. The molecule has 0 radical (unpaired) electrons. The molecule has 0 amide bonds. The Morgan fingerprint density at radius 2 is 1.69 bits per heavy atom. The number of hydrogen-bond donors (Lipinski definition) is 0. The molecule has 0 aromatic rings. The van der Waals surface area contributed by atoms with E-state index in [1.807, 2.05) is 0 Å². The summed E-state index contributed by atoms with van der Waals surface area (Å²) in [6.45, 7) is 15.6. The van der Waals surface area contributed by atoms with Crippen molar-refractivity contribution < 1.29 is 0 Å². The fourth-order valence-corrected chi connectivity index (χ4v) is 1.88. The van der Waals surface area contributed by atoms with Gasteiger partial charge in [0.1, 0.15) is 0 Å². The van der Waals surface area contributed by atoms with Crippen molar-refractivity contribution in [3.8, 4) is 0 Å². The summed E-state index contributed by atoms with van der Waals surface area (Å²) in [5.41, 5.74) is 1.42. The lowest BCUT2D eigenvalue weighted by Crippen LogP contribution is -2.12. The Morgan fingerprint density at radius 3 is 2.00 bits per heavy atom. The predicted molar refractivity (Wildman–Crippen MR) is 61.8 cm³/mol. The van der Waals surface area contributed by atoms with Crippen LogP contribution in [0.1, 0.15) is 53.9 Å². The third-order valence-corrected chi connectivity index (χ3v) is 3.27. The zero-order valence-corrected chi connectivity index (χ0v) is 10.1. The molecule has 0 aromatic carbocycles. The first-order valence-corrected chi connectivity index (χ1v) is 5.70. The Morgan fingerprint density at radius 1 is 1.15 bits per heavy atom. The predicted octanol–water partition coefficient (Wildman–Crippen LogP) is 4.66. The Hall–Kier alpha value is -0.260. The van der Waals surface area contributed by atoms with E-state index >= 15 is 0 Å². The third-order valence-electron chi connectivity index (χ3n) is 3.27. The second kappa shape index (κ2) is 6.23. The SMILES string of the molecule is C=C(CC)C(C)CC(CC)C(C)C. The van der Waals surface area contributed by atoms with Gasteiger partial charge in [-0.1, -0.05) is 53.2 Å². The van der Waals surface area contributed by atoms with E-state index in [9.17, 15) is 0 Å². The zero-order chi connectivity index (χ0) is 10.4. The van der Waals surface area contributed by atoms with E-state index < -0.39 is 0 Å². The molecule has 0 fully saturated rings. The molecule has 2 unspecified atom stereocenters. The highest BCUT2D eigenvalue weighted by Crippen LogP contribution is 2.27. The first-order chi connectivity index (χ1) is 6.02.